The third-order valence-electron chi connectivity index (χ3n) is 3.28. The van der Waals surface area contributed by atoms with E-state index in [9.17, 15) is 4.79 Å². The summed E-state index contributed by atoms with van der Waals surface area (Å²) in [6.07, 6.45) is 2.74. The van der Waals surface area contributed by atoms with Crippen LogP contribution in [0.5, 0.6) is 0 Å². The van der Waals surface area contributed by atoms with E-state index in [1.54, 1.807) is 12.3 Å². The van der Waals surface area contributed by atoms with Crippen LogP contribution in [0.2, 0.25) is 0 Å². The largest absolute Gasteiger partial charge is 0.370 e. The summed E-state index contributed by atoms with van der Waals surface area (Å²) in [5, 5.41) is 3.22. The number of pyridine rings is 1. The highest BCUT2D eigenvalue weighted by molar-refractivity contribution is 8.00. The maximum absolute atomic E-state index is 12.6. The van der Waals surface area contributed by atoms with Crippen molar-refractivity contribution in [3.8, 4) is 0 Å². The van der Waals surface area contributed by atoms with Gasteiger partial charge in [0, 0.05) is 41.9 Å². The fourth-order valence-corrected chi connectivity index (χ4v) is 3.40. The highest BCUT2D eigenvalue weighted by atomic mass is 32.2. The van der Waals surface area contributed by atoms with E-state index >= 15 is 0 Å². The average Bonchev–Trinajstić information content (AvgIpc) is 2.43. The molecule has 2 heterocycles. The van der Waals surface area contributed by atoms with Crippen molar-refractivity contribution >= 4 is 23.5 Å². The van der Waals surface area contributed by atoms with Crippen molar-refractivity contribution in [2.24, 2.45) is 0 Å². The number of amides is 1. The molecule has 2 rings (SSSR count). The zero-order chi connectivity index (χ0) is 14.6. The van der Waals surface area contributed by atoms with Gasteiger partial charge in [0.05, 0.1) is 0 Å². The maximum Gasteiger partial charge on any atom is 0.254 e. The normalized spacial score (nSPS) is 17.9. The molecule has 1 aliphatic heterocycles. The van der Waals surface area contributed by atoms with Crippen LogP contribution in [0.1, 0.15) is 37.6 Å². The molecule has 0 atom stereocenters. The van der Waals surface area contributed by atoms with E-state index < -0.39 is 0 Å². The molecule has 1 aliphatic rings. The number of thioether (sulfide) groups is 1. The molecule has 1 aromatic heterocycles. The molecule has 110 valence electrons. The van der Waals surface area contributed by atoms with Crippen molar-refractivity contribution in [2.75, 3.05) is 30.7 Å². The van der Waals surface area contributed by atoms with Crippen molar-refractivity contribution in [3.63, 3.8) is 0 Å². The lowest BCUT2D eigenvalue weighted by atomic mass is 10.1. The van der Waals surface area contributed by atoms with Gasteiger partial charge in [0.15, 0.2) is 0 Å². The second-order valence-electron chi connectivity index (χ2n) is 5.69. The van der Waals surface area contributed by atoms with Gasteiger partial charge in [-0.05, 0) is 32.4 Å². The molecule has 4 nitrogen and oxygen atoms in total. The van der Waals surface area contributed by atoms with Gasteiger partial charge in [0.1, 0.15) is 5.82 Å². The van der Waals surface area contributed by atoms with E-state index in [4.69, 9.17) is 0 Å². The number of nitrogens with one attached hydrogen (secondary N) is 1. The third-order valence-corrected chi connectivity index (χ3v) is 4.57. The van der Waals surface area contributed by atoms with Gasteiger partial charge in [-0.2, -0.15) is 11.8 Å². The van der Waals surface area contributed by atoms with Crippen molar-refractivity contribution in [1.82, 2.24) is 9.88 Å². The lowest BCUT2D eigenvalue weighted by Gasteiger charge is -2.37. The van der Waals surface area contributed by atoms with E-state index in [1.165, 1.54) is 0 Å². The number of aromatic nitrogens is 1. The van der Waals surface area contributed by atoms with E-state index in [0.29, 0.717) is 0 Å². The maximum atomic E-state index is 12.6. The van der Waals surface area contributed by atoms with Crippen LogP contribution in [-0.4, -0.2) is 45.9 Å². The predicted octanol–water partition coefficient (Wildman–Crippen LogP) is 2.87. The summed E-state index contributed by atoms with van der Waals surface area (Å²) in [5.41, 5.74) is 0.723. The molecule has 5 heteroatoms. The molecule has 0 aliphatic carbocycles. The molecule has 0 bridgehead atoms. The van der Waals surface area contributed by atoms with E-state index in [-0.39, 0.29) is 10.7 Å². The molecular formula is C15H23N3OS. The molecule has 0 spiro atoms. The van der Waals surface area contributed by atoms with Crippen LogP contribution in [0.4, 0.5) is 5.82 Å². The van der Waals surface area contributed by atoms with Crippen molar-refractivity contribution < 1.29 is 4.79 Å². The van der Waals surface area contributed by atoms with E-state index in [2.05, 4.69) is 31.1 Å². The second kappa shape index (κ2) is 6.48. The van der Waals surface area contributed by atoms with E-state index in [0.717, 1.165) is 43.2 Å². The van der Waals surface area contributed by atoms with Gasteiger partial charge in [0.2, 0.25) is 0 Å². The Labute approximate surface area is 125 Å². The highest BCUT2D eigenvalue weighted by Gasteiger charge is 2.30. The minimum absolute atomic E-state index is 0.111. The molecule has 0 aromatic carbocycles. The summed E-state index contributed by atoms with van der Waals surface area (Å²) in [5.74, 6) is 1.90. The fraction of sp³-hybridized carbons (Fsp3) is 0.600. The summed E-state index contributed by atoms with van der Waals surface area (Å²) in [6.45, 7) is 8.99. The topological polar surface area (TPSA) is 45.2 Å². The third kappa shape index (κ3) is 3.88. The van der Waals surface area contributed by atoms with E-state index in [1.807, 2.05) is 22.7 Å². The quantitative estimate of drug-likeness (QED) is 0.927. The number of hydrogen-bond donors (Lipinski definition) is 1. The first-order chi connectivity index (χ1) is 9.52. The summed E-state index contributed by atoms with van der Waals surface area (Å²) < 4.78 is 0.143. The van der Waals surface area contributed by atoms with Gasteiger partial charge in [0.25, 0.3) is 5.91 Å². The molecular weight excluding hydrogens is 270 g/mol. The number of hydrogen-bond acceptors (Lipinski definition) is 4. The number of carbonyl (C=O) groups is 1. The van der Waals surface area contributed by atoms with Crippen LogP contribution in [-0.2, 0) is 0 Å². The fourth-order valence-electron chi connectivity index (χ4n) is 2.29. The highest BCUT2D eigenvalue weighted by Crippen LogP contribution is 2.30. The van der Waals surface area contributed by atoms with Crippen LogP contribution >= 0.6 is 11.8 Å². The summed E-state index contributed by atoms with van der Waals surface area (Å²) in [4.78, 5) is 18.8. The van der Waals surface area contributed by atoms with Gasteiger partial charge < -0.3 is 10.2 Å². The Kier molecular flexibility index (Phi) is 4.91. The van der Waals surface area contributed by atoms with Crippen LogP contribution in [0.25, 0.3) is 0 Å². The van der Waals surface area contributed by atoms with Gasteiger partial charge in [-0.3, -0.25) is 4.79 Å². The lowest BCUT2D eigenvalue weighted by Crippen LogP contribution is -2.46. The summed E-state index contributed by atoms with van der Waals surface area (Å²) in [7, 11) is 0. The molecule has 0 unspecified atom stereocenters. The Balaban J connectivity index is 2.08. The van der Waals surface area contributed by atoms with Gasteiger partial charge >= 0.3 is 0 Å². The molecule has 0 saturated carbocycles. The molecule has 1 amide bonds. The van der Waals surface area contributed by atoms with Crippen molar-refractivity contribution in [3.05, 3.63) is 23.9 Å². The van der Waals surface area contributed by atoms with Gasteiger partial charge in [-0.1, -0.05) is 6.92 Å². The number of rotatable bonds is 4. The first-order valence-corrected chi connectivity index (χ1v) is 8.13. The van der Waals surface area contributed by atoms with Crippen molar-refractivity contribution in [1.29, 1.82) is 0 Å². The standard InChI is InChI=1S/C15H23N3OS/c1-4-6-16-13-10-12(5-7-17-13)14(19)18-8-9-20-15(2,3)11-18/h5,7,10H,4,6,8-9,11H2,1-3H3,(H,16,17). The molecule has 1 saturated heterocycles. The van der Waals surface area contributed by atoms with Gasteiger partial charge in [-0.15, -0.1) is 0 Å². The predicted molar refractivity (Wildman–Crippen MR) is 85.5 cm³/mol. The minimum atomic E-state index is 0.111. The zero-order valence-corrected chi connectivity index (χ0v) is 13.3. The summed E-state index contributed by atoms with van der Waals surface area (Å²) >= 11 is 1.93. The Morgan fingerprint density at radius 2 is 2.35 bits per heavy atom. The first kappa shape index (κ1) is 15.2. The van der Waals surface area contributed by atoms with Gasteiger partial charge in [-0.25, -0.2) is 4.98 Å². The molecule has 1 fully saturated rings. The molecule has 1 aromatic rings. The monoisotopic (exact) mass is 293 g/mol. The first-order valence-electron chi connectivity index (χ1n) is 7.15. The zero-order valence-electron chi connectivity index (χ0n) is 12.5. The molecule has 20 heavy (non-hydrogen) atoms. The van der Waals surface area contributed by atoms with Crippen LogP contribution in [0, 0.1) is 0 Å². The number of nitrogens with zero attached hydrogens (tertiary/aromatic N) is 2. The lowest BCUT2D eigenvalue weighted by molar-refractivity contribution is 0.0748. The van der Waals surface area contributed by atoms with Crippen LogP contribution in [0.3, 0.4) is 0 Å². The SMILES string of the molecule is CCCNc1cc(C(=O)N2CCSC(C)(C)C2)ccn1. The minimum Gasteiger partial charge on any atom is -0.370 e. The Bertz CT molecular complexity index is 476. The Morgan fingerprint density at radius 1 is 1.55 bits per heavy atom. The molecule has 1 N–H and O–H groups in total. The summed E-state index contributed by atoms with van der Waals surface area (Å²) in [6, 6.07) is 3.65. The number of carbonyl (C=O) groups excluding carboxylic acids is 1. The Hall–Kier alpha value is -1.23. The average molecular weight is 293 g/mol. The van der Waals surface area contributed by atoms with Crippen molar-refractivity contribution in [2.45, 2.75) is 31.9 Å². The number of anilines is 1. The second-order valence-corrected chi connectivity index (χ2v) is 7.49. The van der Waals surface area contributed by atoms with Crippen LogP contribution < -0.4 is 5.32 Å². The smallest absolute Gasteiger partial charge is 0.254 e. The molecule has 0 radical (unpaired) electrons. The Morgan fingerprint density at radius 3 is 3.05 bits per heavy atom. The van der Waals surface area contributed by atoms with Crippen LogP contribution in [0.15, 0.2) is 18.3 Å².